The van der Waals surface area contributed by atoms with Gasteiger partial charge in [0, 0.05) is 6.54 Å². The predicted octanol–water partition coefficient (Wildman–Crippen LogP) is 2.02. The van der Waals surface area contributed by atoms with Crippen LogP contribution in [0.4, 0.5) is 5.69 Å². The van der Waals surface area contributed by atoms with Gasteiger partial charge >= 0.3 is 5.97 Å². The monoisotopic (exact) mass is 295 g/mol. The summed E-state index contributed by atoms with van der Waals surface area (Å²) in [5.74, 6) is -0.982. The lowest BCUT2D eigenvalue weighted by Crippen LogP contribution is -2.36. The van der Waals surface area contributed by atoms with Crippen molar-refractivity contribution >= 4 is 21.7 Å². The van der Waals surface area contributed by atoms with Crippen molar-refractivity contribution in [1.82, 2.24) is 0 Å². The molecule has 1 aliphatic heterocycles. The van der Waals surface area contributed by atoms with E-state index >= 15 is 0 Å². The van der Waals surface area contributed by atoms with Gasteiger partial charge in [-0.3, -0.25) is 4.31 Å². The van der Waals surface area contributed by atoms with E-state index in [1.165, 1.54) is 10.4 Å². The maximum absolute atomic E-state index is 12.6. The molecule has 0 atom stereocenters. The van der Waals surface area contributed by atoms with Gasteiger partial charge in [-0.2, -0.15) is 0 Å². The van der Waals surface area contributed by atoms with Crippen LogP contribution in [0, 0.1) is 0 Å². The number of carbonyl (C=O) groups is 1. The van der Waals surface area contributed by atoms with Gasteiger partial charge in [0.05, 0.1) is 16.5 Å². The molecule has 108 valence electrons. The second kappa shape index (κ2) is 4.77. The molecular formula is C14H17NO4S. The summed E-state index contributed by atoms with van der Waals surface area (Å²) in [6.07, 6.45) is 4.01. The van der Waals surface area contributed by atoms with Crippen molar-refractivity contribution < 1.29 is 18.3 Å². The summed E-state index contributed by atoms with van der Waals surface area (Å²) in [6.45, 7) is 0.428. The number of hydrogen-bond donors (Lipinski definition) is 1. The number of anilines is 1. The van der Waals surface area contributed by atoms with Crippen LogP contribution in [0.25, 0.3) is 0 Å². The van der Waals surface area contributed by atoms with Gasteiger partial charge in [-0.05, 0) is 43.0 Å². The summed E-state index contributed by atoms with van der Waals surface area (Å²) in [5, 5.41) is 8.71. The lowest BCUT2D eigenvalue weighted by Gasteiger charge is -2.23. The van der Waals surface area contributed by atoms with E-state index in [1.807, 2.05) is 0 Å². The number of nitrogens with zero attached hydrogens (tertiary/aromatic N) is 1. The van der Waals surface area contributed by atoms with E-state index in [2.05, 4.69) is 0 Å². The van der Waals surface area contributed by atoms with E-state index in [9.17, 15) is 13.2 Å². The molecule has 0 unspecified atom stereocenters. The maximum Gasteiger partial charge on any atom is 0.335 e. The van der Waals surface area contributed by atoms with Crippen molar-refractivity contribution in [3.63, 3.8) is 0 Å². The molecule has 5 nitrogen and oxygen atoms in total. The first-order valence-corrected chi connectivity index (χ1v) is 8.38. The van der Waals surface area contributed by atoms with Crippen molar-refractivity contribution in [2.45, 2.75) is 37.4 Å². The topological polar surface area (TPSA) is 74.7 Å². The van der Waals surface area contributed by atoms with E-state index in [0.29, 0.717) is 18.7 Å². The fraction of sp³-hybridized carbons (Fsp3) is 0.500. The Labute approximate surface area is 118 Å². The molecule has 1 aliphatic carbocycles. The highest BCUT2D eigenvalue weighted by Gasteiger charge is 2.37. The quantitative estimate of drug-likeness (QED) is 0.925. The smallest absolute Gasteiger partial charge is 0.335 e. The van der Waals surface area contributed by atoms with E-state index in [4.69, 9.17) is 5.11 Å². The number of aromatic carboxylic acids is 1. The summed E-state index contributed by atoms with van der Waals surface area (Å²) >= 11 is 0. The van der Waals surface area contributed by atoms with Gasteiger partial charge in [-0.15, -0.1) is 0 Å². The number of rotatable bonds is 3. The molecule has 20 heavy (non-hydrogen) atoms. The van der Waals surface area contributed by atoms with Crippen LogP contribution in [-0.4, -0.2) is 31.3 Å². The third kappa shape index (κ3) is 2.08. The molecule has 1 saturated carbocycles. The molecule has 2 aliphatic rings. The highest BCUT2D eigenvalue weighted by Crippen LogP contribution is 2.35. The molecule has 3 rings (SSSR count). The Morgan fingerprint density at radius 3 is 2.60 bits per heavy atom. The van der Waals surface area contributed by atoms with Crippen molar-refractivity contribution in [3.05, 3.63) is 29.3 Å². The van der Waals surface area contributed by atoms with Crippen LogP contribution >= 0.6 is 0 Å². The molecule has 1 heterocycles. The number of carboxylic acids is 1. The second-order valence-electron chi connectivity index (χ2n) is 5.42. The molecule has 1 fully saturated rings. The Morgan fingerprint density at radius 1 is 1.25 bits per heavy atom. The van der Waals surface area contributed by atoms with Gasteiger partial charge < -0.3 is 5.11 Å². The lowest BCUT2D eigenvalue weighted by atomic mass is 10.1. The van der Waals surface area contributed by atoms with Crippen LogP contribution in [0.3, 0.4) is 0 Å². The molecule has 6 heteroatoms. The van der Waals surface area contributed by atoms with Crippen LogP contribution in [0.1, 0.15) is 41.6 Å². The van der Waals surface area contributed by atoms with E-state index in [1.54, 1.807) is 12.1 Å². The van der Waals surface area contributed by atoms with E-state index in [0.717, 1.165) is 31.2 Å². The van der Waals surface area contributed by atoms with Crippen LogP contribution in [0.15, 0.2) is 18.2 Å². The summed E-state index contributed by atoms with van der Waals surface area (Å²) in [6, 6.07) is 4.68. The lowest BCUT2D eigenvalue weighted by molar-refractivity contribution is 0.0697. The van der Waals surface area contributed by atoms with Crippen LogP contribution in [0.5, 0.6) is 0 Å². The van der Waals surface area contributed by atoms with Gasteiger partial charge in [0.1, 0.15) is 0 Å². The van der Waals surface area contributed by atoms with Crippen LogP contribution in [-0.2, 0) is 16.4 Å². The number of hydrogen-bond acceptors (Lipinski definition) is 3. The summed E-state index contributed by atoms with van der Waals surface area (Å²) < 4.78 is 26.7. The first-order chi connectivity index (χ1) is 9.50. The van der Waals surface area contributed by atoms with Crippen molar-refractivity contribution in [2.24, 2.45) is 0 Å². The summed E-state index contributed by atoms with van der Waals surface area (Å²) in [5.41, 5.74) is 1.68. The molecule has 0 radical (unpaired) electrons. The van der Waals surface area contributed by atoms with Gasteiger partial charge in [-0.1, -0.05) is 12.8 Å². The average molecular weight is 295 g/mol. The molecular weight excluding hydrogens is 278 g/mol. The van der Waals surface area contributed by atoms with Gasteiger partial charge in [0.15, 0.2) is 0 Å². The molecule has 1 aromatic rings. The summed E-state index contributed by atoms with van der Waals surface area (Å²) in [4.78, 5) is 11.0. The number of fused-ring (bicyclic) bond motifs is 1. The second-order valence-corrected chi connectivity index (χ2v) is 7.56. The maximum atomic E-state index is 12.6. The first-order valence-electron chi connectivity index (χ1n) is 6.88. The Balaban J connectivity index is 1.95. The molecule has 0 spiro atoms. The molecule has 1 aromatic carbocycles. The number of carboxylic acid groups (broad SMARTS) is 1. The third-order valence-corrected chi connectivity index (χ3v) is 6.52. The van der Waals surface area contributed by atoms with Crippen molar-refractivity contribution in [1.29, 1.82) is 0 Å². The van der Waals surface area contributed by atoms with Crippen LogP contribution < -0.4 is 4.31 Å². The minimum atomic E-state index is -3.30. The molecule has 0 amide bonds. The SMILES string of the molecule is O=C(O)c1ccc2c(c1)CCN2S(=O)(=O)C1CCCC1. The zero-order valence-corrected chi connectivity index (χ0v) is 11.9. The third-order valence-electron chi connectivity index (χ3n) is 4.21. The minimum Gasteiger partial charge on any atom is -0.478 e. The Bertz CT molecular complexity index is 647. The van der Waals surface area contributed by atoms with E-state index < -0.39 is 16.0 Å². The van der Waals surface area contributed by atoms with E-state index in [-0.39, 0.29) is 10.8 Å². The number of benzene rings is 1. The van der Waals surface area contributed by atoms with Crippen LogP contribution in [0.2, 0.25) is 0 Å². The zero-order valence-electron chi connectivity index (χ0n) is 11.1. The Hall–Kier alpha value is -1.56. The minimum absolute atomic E-state index is 0.212. The highest BCUT2D eigenvalue weighted by atomic mass is 32.2. The fourth-order valence-electron chi connectivity index (χ4n) is 3.14. The number of sulfonamides is 1. The Morgan fingerprint density at radius 2 is 1.95 bits per heavy atom. The van der Waals surface area contributed by atoms with Gasteiger partial charge in [-0.25, -0.2) is 13.2 Å². The van der Waals surface area contributed by atoms with Crippen molar-refractivity contribution in [2.75, 3.05) is 10.8 Å². The zero-order chi connectivity index (χ0) is 14.3. The average Bonchev–Trinajstić information content (AvgIpc) is 3.07. The fourth-order valence-corrected chi connectivity index (χ4v) is 5.22. The van der Waals surface area contributed by atoms with Gasteiger partial charge in [0.2, 0.25) is 10.0 Å². The molecule has 0 aromatic heterocycles. The predicted molar refractivity (Wildman–Crippen MR) is 75.6 cm³/mol. The first kappa shape index (κ1) is 13.4. The van der Waals surface area contributed by atoms with Gasteiger partial charge in [0.25, 0.3) is 0 Å². The molecule has 0 bridgehead atoms. The molecule has 0 saturated heterocycles. The molecule has 1 N–H and O–H groups in total. The van der Waals surface area contributed by atoms with Crippen molar-refractivity contribution in [3.8, 4) is 0 Å². The summed E-state index contributed by atoms with van der Waals surface area (Å²) in [7, 11) is -3.30. The highest BCUT2D eigenvalue weighted by molar-refractivity contribution is 7.93. The normalized spacial score (nSPS) is 19.3. The largest absolute Gasteiger partial charge is 0.478 e. The Kier molecular flexibility index (Phi) is 3.20. The standard InChI is InChI=1S/C14H17NO4S/c16-14(17)11-5-6-13-10(9-11)7-8-15(13)20(18,19)12-3-1-2-4-12/h5-6,9,12H,1-4,7-8H2,(H,16,17).